The Balaban J connectivity index is 2.93. The van der Waals surface area contributed by atoms with Gasteiger partial charge in [0.1, 0.15) is 5.65 Å². The third-order valence-electron chi connectivity index (χ3n) is 2.33. The van der Waals surface area contributed by atoms with E-state index in [0.717, 1.165) is 11.0 Å². The summed E-state index contributed by atoms with van der Waals surface area (Å²) in [5, 5.41) is 0.993. The number of aromatic nitrogens is 2. The molecule has 78 valence electrons. The van der Waals surface area contributed by atoms with Crippen molar-refractivity contribution in [2.45, 2.75) is 26.3 Å². The van der Waals surface area contributed by atoms with E-state index in [4.69, 9.17) is 0 Å². The van der Waals surface area contributed by atoms with Gasteiger partial charge in [0.05, 0.1) is 0 Å². The van der Waals surface area contributed by atoms with Crippen LogP contribution in [-0.4, -0.2) is 9.55 Å². The van der Waals surface area contributed by atoms with E-state index in [0.29, 0.717) is 0 Å². The lowest BCUT2D eigenvalue weighted by molar-refractivity contribution is 0.396. The largest absolute Gasteiger partial charge is 0.287 e. The maximum atomic E-state index is 11.8. The fourth-order valence-electron chi connectivity index (χ4n) is 1.71. The predicted octanol–water partition coefficient (Wildman–Crippen LogP) is 2.15. The number of hydrogen-bond donors (Lipinski definition) is 0. The molecule has 3 heteroatoms. The Morgan fingerprint density at radius 3 is 2.60 bits per heavy atom. The Morgan fingerprint density at radius 2 is 1.93 bits per heavy atom. The number of pyridine rings is 2. The molecule has 0 unspecified atom stereocenters. The van der Waals surface area contributed by atoms with Crippen molar-refractivity contribution in [2.24, 2.45) is 0 Å². The molecule has 3 nitrogen and oxygen atoms in total. The van der Waals surface area contributed by atoms with Crippen LogP contribution < -0.4 is 5.56 Å². The number of rotatable bonds is 0. The second kappa shape index (κ2) is 3.19. The lowest BCUT2D eigenvalue weighted by Gasteiger charge is -2.23. The number of hydrogen-bond acceptors (Lipinski definition) is 2. The molecular formula is C12H14N2O. The molecule has 0 saturated heterocycles. The first-order chi connectivity index (χ1) is 7.00. The first kappa shape index (κ1) is 9.90. The third kappa shape index (κ3) is 1.65. The highest BCUT2D eigenvalue weighted by molar-refractivity contribution is 5.74. The minimum atomic E-state index is -0.245. The van der Waals surface area contributed by atoms with Crippen molar-refractivity contribution in [3.63, 3.8) is 0 Å². The van der Waals surface area contributed by atoms with Crippen LogP contribution in [-0.2, 0) is 5.54 Å². The average molecular weight is 202 g/mol. The van der Waals surface area contributed by atoms with Gasteiger partial charge in [-0.15, -0.1) is 0 Å². The molecule has 0 aliphatic heterocycles. The molecule has 0 saturated carbocycles. The Morgan fingerprint density at radius 1 is 1.20 bits per heavy atom. The summed E-state index contributed by atoms with van der Waals surface area (Å²) in [5.74, 6) is 0. The summed E-state index contributed by atoms with van der Waals surface area (Å²) in [6.07, 6.45) is 1.71. The SMILES string of the molecule is CC(C)(C)n1c(=O)ccc2cccnc21. The second-order valence-corrected chi connectivity index (χ2v) is 4.59. The standard InChI is InChI=1S/C12H14N2O/c1-12(2,3)14-10(15)7-6-9-5-4-8-13-11(9)14/h4-8H,1-3H3. The summed E-state index contributed by atoms with van der Waals surface area (Å²) >= 11 is 0. The molecule has 0 N–H and O–H groups in total. The summed E-state index contributed by atoms with van der Waals surface area (Å²) in [4.78, 5) is 16.1. The van der Waals surface area contributed by atoms with Gasteiger partial charge in [0.25, 0.3) is 5.56 Å². The normalized spacial score (nSPS) is 11.9. The molecular weight excluding hydrogens is 188 g/mol. The van der Waals surface area contributed by atoms with Crippen molar-refractivity contribution in [2.75, 3.05) is 0 Å². The van der Waals surface area contributed by atoms with Crippen LogP contribution in [0.3, 0.4) is 0 Å². The molecule has 2 aromatic rings. The zero-order valence-electron chi connectivity index (χ0n) is 9.19. The van der Waals surface area contributed by atoms with Crippen LogP contribution >= 0.6 is 0 Å². The van der Waals surface area contributed by atoms with Crippen LogP contribution in [0.1, 0.15) is 20.8 Å². The highest BCUT2D eigenvalue weighted by Crippen LogP contribution is 2.17. The molecule has 15 heavy (non-hydrogen) atoms. The van der Waals surface area contributed by atoms with Crippen molar-refractivity contribution in [1.29, 1.82) is 0 Å². The van der Waals surface area contributed by atoms with Gasteiger partial charge in [-0.2, -0.15) is 0 Å². The molecule has 0 bridgehead atoms. The van der Waals surface area contributed by atoms with Crippen LogP contribution in [0, 0.1) is 0 Å². The van der Waals surface area contributed by atoms with Crippen LogP contribution in [0.15, 0.2) is 35.3 Å². The van der Waals surface area contributed by atoms with E-state index in [9.17, 15) is 4.79 Å². The monoisotopic (exact) mass is 202 g/mol. The summed E-state index contributed by atoms with van der Waals surface area (Å²) in [6.45, 7) is 6.01. The first-order valence-corrected chi connectivity index (χ1v) is 4.97. The third-order valence-corrected chi connectivity index (χ3v) is 2.33. The molecule has 0 amide bonds. The van der Waals surface area contributed by atoms with Gasteiger partial charge in [-0.25, -0.2) is 4.98 Å². The van der Waals surface area contributed by atoms with Gasteiger partial charge >= 0.3 is 0 Å². The molecule has 0 radical (unpaired) electrons. The summed E-state index contributed by atoms with van der Waals surface area (Å²) < 4.78 is 1.72. The van der Waals surface area contributed by atoms with Gasteiger partial charge in [0.15, 0.2) is 0 Å². The Hall–Kier alpha value is -1.64. The first-order valence-electron chi connectivity index (χ1n) is 4.97. The minimum Gasteiger partial charge on any atom is -0.287 e. The van der Waals surface area contributed by atoms with Gasteiger partial charge in [0.2, 0.25) is 0 Å². The van der Waals surface area contributed by atoms with Crippen molar-refractivity contribution in [1.82, 2.24) is 9.55 Å². The molecule has 2 rings (SSSR count). The van der Waals surface area contributed by atoms with E-state index in [-0.39, 0.29) is 11.1 Å². The van der Waals surface area contributed by atoms with Crippen molar-refractivity contribution < 1.29 is 0 Å². The van der Waals surface area contributed by atoms with Crippen molar-refractivity contribution in [3.8, 4) is 0 Å². The highest BCUT2D eigenvalue weighted by atomic mass is 16.1. The molecule has 2 heterocycles. The van der Waals surface area contributed by atoms with Crippen LogP contribution in [0.25, 0.3) is 11.0 Å². The topological polar surface area (TPSA) is 34.9 Å². The van der Waals surface area contributed by atoms with Crippen LogP contribution in [0.2, 0.25) is 0 Å². The van der Waals surface area contributed by atoms with Crippen molar-refractivity contribution in [3.05, 3.63) is 40.8 Å². The fourth-order valence-corrected chi connectivity index (χ4v) is 1.71. The Kier molecular flexibility index (Phi) is 2.11. The van der Waals surface area contributed by atoms with Gasteiger partial charge in [0, 0.05) is 23.2 Å². The minimum absolute atomic E-state index is 0.00583. The number of nitrogens with zero attached hydrogens (tertiary/aromatic N) is 2. The maximum Gasteiger partial charge on any atom is 0.252 e. The lowest BCUT2D eigenvalue weighted by Crippen LogP contribution is -2.33. The lowest BCUT2D eigenvalue weighted by atomic mass is 10.1. The van der Waals surface area contributed by atoms with Crippen molar-refractivity contribution >= 4 is 11.0 Å². The van der Waals surface area contributed by atoms with Crippen LogP contribution in [0.4, 0.5) is 0 Å². The Bertz CT molecular complexity index is 549. The zero-order chi connectivity index (χ0) is 11.1. The van der Waals surface area contributed by atoms with Gasteiger partial charge in [-0.05, 0) is 39.0 Å². The van der Waals surface area contributed by atoms with E-state index in [1.54, 1.807) is 16.8 Å². The average Bonchev–Trinajstić information content (AvgIpc) is 2.15. The van der Waals surface area contributed by atoms with Gasteiger partial charge < -0.3 is 0 Å². The summed E-state index contributed by atoms with van der Waals surface area (Å²) in [5.41, 5.74) is 0.497. The summed E-state index contributed by atoms with van der Waals surface area (Å²) in [6, 6.07) is 7.24. The van der Waals surface area contributed by atoms with E-state index < -0.39 is 0 Å². The van der Waals surface area contributed by atoms with E-state index >= 15 is 0 Å². The van der Waals surface area contributed by atoms with Crippen LogP contribution in [0.5, 0.6) is 0 Å². The molecule has 0 fully saturated rings. The number of fused-ring (bicyclic) bond motifs is 1. The maximum absolute atomic E-state index is 11.8. The Labute approximate surface area is 88.4 Å². The summed E-state index contributed by atoms with van der Waals surface area (Å²) in [7, 11) is 0. The molecule has 0 atom stereocenters. The molecule has 0 aliphatic rings. The zero-order valence-corrected chi connectivity index (χ0v) is 9.19. The molecule has 2 aromatic heterocycles. The molecule has 0 spiro atoms. The van der Waals surface area contributed by atoms with E-state index in [1.165, 1.54) is 0 Å². The smallest absolute Gasteiger partial charge is 0.252 e. The fraction of sp³-hybridized carbons (Fsp3) is 0.333. The predicted molar refractivity (Wildman–Crippen MR) is 61.0 cm³/mol. The molecule has 0 aromatic carbocycles. The van der Waals surface area contributed by atoms with E-state index in [2.05, 4.69) is 4.98 Å². The van der Waals surface area contributed by atoms with E-state index in [1.807, 2.05) is 39.0 Å². The quantitative estimate of drug-likeness (QED) is 0.656. The second-order valence-electron chi connectivity index (χ2n) is 4.59. The highest BCUT2D eigenvalue weighted by Gasteiger charge is 2.17. The van der Waals surface area contributed by atoms with Gasteiger partial charge in [-0.1, -0.05) is 0 Å². The van der Waals surface area contributed by atoms with Gasteiger partial charge in [-0.3, -0.25) is 9.36 Å². The molecule has 0 aliphatic carbocycles.